The first-order valence-electron chi connectivity index (χ1n) is 4.76. The molecule has 0 fully saturated rings. The summed E-state index contributed by atoms with van der Waals surface area (Å²) in [6.07, 6.45) is 1.93. The van der Waals surface area contributed by atoms with Gasteiger partial charge in [-0.15, -0.1) is 0 Å². The summed E-state index contributed by atoms with van der Waals surface area (Å²) in [7, 11) is 0. The average Bonchev–Trinajstić information content (AvgIpc) is 2.30. The number of carbonyl (C=O) groups excluding carboxylic acids is 1. The highest BCUT2D eigenvalue weighted by Gasteiger charge is 2.27. The second kappa shape index (κ2) is 7.39. The van der Waals surface area contributed by atoms with Crippen molar-refractivity contribution >= 4 is 5.97 Å². The Labute approximate surface area is 89.0 Å². The maximum atomic E-state index is 10.7. The van der Waals surface area contributed by atoms with Crippen LogP contribution in [-0.2, 0) is 9.53 Å². The quantitative estimate of drug-likeness (QED) is 0.289. The summed E-state index contributed by atoms with van der Waals surface area (Å²) >= 11 is 0. The summed E-state index contributed by atoms with van der Waals surface area (Å²) in [4.78, 5) is 10.7. The molecule has 0 heterocycles. The molecule has 88 valence electrons. The first-order chi connectivity index (χ1) is 7.14. The summed E-state index contributed by atoms with van der Waals surface area (Å²) in [5.74, 6) is -0.502. The van der Waals surface area contributed by atoms with Gasteiger partial charge < -0.3 is 20.1 Å². The molecule has 0 saturated carbocycles. The van der Waals surface area contributed by atoms with E-state index in [1.165, 1.54) is 0 Å². The number of hydrogen-bond donors (Lipinski definition) is 3. The van der Waals surface area contributed by atoms with Gasteiger partial charge in [0.1, 0.15) is 0 Å². The second-order valence-electron chi connectivity index (χ2n) is 3.45. The number of rotatable bonds is 8. The fourth-order valence-corrected chi connectivity index (χ4v) is 1.07. The minimum absolute atomic E-state index is 0.187. The normalized spacial score (nSPS) is 11.1. The van der Waals surface area contributed by atoms with Gasteiger partial charge in [0.15, 0.2) is 0 Å². The largest absolute Gasteiger partial charge is 0.463 e. The average molecular weight is 218 g/mol. The Morgan fingerprint density at radius 3 is 2.20 bits per heavy atom. The van der Waals surface area contributed by atoms with Gasteiger partial charge in [-0.3, -0.25) is 0 Å². The van der Waals surface area contributed by atoms with E-state index < -0.39 is 11.4 Å². The van der Waals surface area contributed by atoms with Gasteiger partial charge in [-0.1, -0.05) is 6.58 Å². The van der Waals surface area contributed by atoms with Crippen LogP contribution in [0.1, 0.15) is 12.8 Å². The third-order valence-electron chi connectivity index (χ3n) is 2.27. The van der Waals surface area contributed by atoms with Gasteiger partial charge in [-0.05, 0) is 12.8 Å². The molecule has 5 heteroatoms. The summed E-state index contributed by atoms with van der Waals surface area (Å²) in [6, 6.07) is 0. The van der Waals surface area contributed by atoms with Crippen molar-refractivity contribution in [2.24, 2.45) is 5.41 Å². The van der Waals surface area contributed by atoms with Crippen LogP contribution in [0.4, 0.5) is 0 Å². The third kappa shape index (κ3) is 4.92. The molecule has 0 bridgehead atoms. The Hall–Kier alpha value is -0.910. The summed E-state index contributed by atoms with van der Waals surface area (Å²) in [6.45, 7) is 2.54. The molecule has 0 unspecified atom stereocenters. The maximum absolute atomic E-state index is 10.7. The van der Waals surface area contributed by atoms with E-state index in [1.54, 1.807) is 0 Å². The van der Waals surface area contributed by atoms with Gasteiger partial charge in [-0.25, -0.2) is 4.79 Å². The van der Waals surface area contributed by atoms with Crippen molar-refractivity contribution in [2.75, 3.05) is 26.4 Å². The van der Waals surface area contributed by atoms with Crippen LogP contribution in [0.25, 0.3) is 0 Å². The van der Waals surface area contributed by atoms with E-state index >= 15 is 0 Å². The molecule has 3 N–H and O–H groups in total. The summed E-state index contributed by atoms with van der Waals surface area (Å²) in [5, 5.41) is 27.0. The van der Waals surface area contributed by atoms with Crippen LogP contribution in [0.5, 0.6) is 0 Å². The Balaban J connectivity index is 3.81. The van der Waals surface area contributed by atoms with E-state index in [-0.39, 0.29) is 26.4 Å². The van der Waals surface area contributed by atoms with Crippen LogP contribution >= 0.6 is 0 Å². The number of aliphatic hydroxyl groups excluding tert-OH is 3. The summed E-state index contributed by atoms with van der Waals surface area (Å²) < 4.78 is 4.72. The maximum Gasteiger partial charge on any atom is 0.330 e. The van der Waals surface area contributed by atoms with E-state index in [9.17, 15) is 4.79 Å². The SMILES string of the molecule is C=CC(=O)OCCCC(CO)(CO)CO. The Morgan fingerprint density at radius 2 is 1.80 bits per heavy atom. The van der Waals surface area contributed by atoms with Gasteiger partial charge in [0.25, 0.3) is 0 Å². The van der Waals surface area contributed by atoms with Crippen molar-refractivity contribution in [3.05, 3.63) is 12.7 Å². The molecule has 0 aliphatic carbocycles. The zero-order valence-corrected chi connectivity index (χ0v) is 8.69. The molecule has 0 radical (unpaired) electrons. The number of ether oxygens (including phenoxy) is 1. The molecule has 0 rings (SSSR count). The van der Waals surface area contributed by atoms with Gasteiger partial charge in [-0.2, -0.15) is 0 Å². The third-order valence-corrected chi connectivity index (χ3v) is 2.27. The van der Waals surface area contributed by atoms with Gasteiger partial charge >= 0.3 is 5.97 Å². The van der Waals surface area contributed by atoms with Crippen LogP contribution in [0.15, 0.2) is 12.7 Å². The number of hydrogen-bond acceptors (Lipinski definition) is 5. The molecule has 0 saturated heterocycles. The van der Waals surface area contributed by atoms with Crippen LogP contribution in [0, 0.1) is 5.41 Å². The molecule has 15 heavy (non-hydrogen) atoms. The number of carbonyl (C=O) groups is 1. The van der Waals surface area contributed by atoms with Crippen molar-refractivity contribution < 1.29 is 24.9 Å². The molecule has 0 aromatic heterocycles. The molecule has 0 atom stereocenters. The molecule has 5 nitrogen and oxygen atoms in total. The lowest BCUT2D eigenvalue weighted by atomic mass is 9.86. The van der Waals surface area contributed by atoms with E-state index in [2.05, 4.69) is 6.58 Å². The van der Waals surface area contributed by atoms with E-state index in [0.717, 1.165) is 6.08 Å². The minimum Gasteiger partial charge on any atom is -0.463 e. The first kappa shape index (κ1) is 14.1. The lowest BCUT2D eigenvalue weighted by Gasteiger charge is -2.26. The highest BCUT2D eigenvalue weighted by atomic mass is 16.5. The molecule has 0 spiro atoms. The fourth-order valence-electron chi connectivity index (χ4n) is 1.07. The van der Waals surface area contributed by atoms with Gasteiger partial charge in [0.2, 0.25) is 0 Å². The zero-order valence-electron chi connectivity index (χ0n) is 8.69. The monoisotopic (exact) mass is 218 g/mol. The smallest absolute Gasteiger partial charge is 0.330 e. The van der Waals surface area contributed by atoms with Crippen molar-refractivity contribution in [2.45, 2.75) is 12.8 Å². The molecule has 0 aromatic carbocycles. The number of esters is 1. The van der Waals surface area contributed by atoms with Crippen LogP contribution in [-0.4, -0.2) is 47.7 Å². The van der Waals surface area contributed by atoms with Crippen LogP contribution < -0.4 is 0 Å². The first-order valence-corrected chi connectivity index (χ1v) is 4.76. The van der Waals surface area contributed by atoms with Crippen molar-refractivity contribution in [1.29, 1.82) is 0 Å². The molecule has 0 aromatic rings. The van der Waals surface area contributed by atoms with E-state index in [1.807, 2.05) is 0 Å². The second-order valence-corrected chi connectivity index (χ2v) is 3.45. The Bertz CT molecular complexity index is 190. The van der Waals surface area contributed by atoms with Crippen molar-refractivity contribution in [3.8, 4) is 0 Å². The molecule has 0 aliphatic rings. The molecular weight excluding hydrogens is 200 g/mol. The molecule has 0 aliphatic heterocycles. The van der Waals surface area contributed by atoms with E-state index in [0.29, 0.717) is 12.8 Å². The molecule has 0 amide bonds. The minimum atomic E-state index is -0.888. The van der Waals surface area contributed by atoms with E-state index in [4.69, 9.17) is 20.1 Å². The topological polar surface area (TPSA) is 87.0 Å². The summed E-state index contributed by atoms with van der Waals surface area (Å²) in [5.41, 5.74) is -0.888. The zero-order chi connectivity index (χ0) is 11.7. The van der Waals surface area contributed by atoms with Gasteiger partial charge in [0.05, 0.1) is 26.4 Å². The lowest BCUT2D eigenvalue weighted by Crippen LogP contribution is -2.34. The predicted octanol–water partition coefficient (Wildman–Crippen LogP) is -0.541. The standard InChI is InChI=1S/C10H18O5/c1-2-9(14)15-5-3-4-10(6-11,7-12)8-13/h2,11-13H,1,3-8H2. The highest BCUT2D eigenvalue weighted by Crippen LogP contribution is 2.21. The predicted molar refractivity (Wildman–Crippen MR) is 54.1 cm³/mol. The highest BCUT2D eigenvalue weighted by molar-refractivity contribution is 5.81. The van der Waals surface area contributed by atoms with Crippen molar-refractivity contribution in [1.82, 2.24) is 0 Å². The Morgan fingerprint density at radius 1 is 1.27 bits per heavy atom. The van der Waals surface area contributed by atoms with Crippen LogP contribution in [0.3, 0.4) is 0 Å². The lowest BCUT2D eigenvalue weighted by molar-refractivity contribution is -0.138. The Kier molecular flexibility index (Phi) is 6.94. The van der Waals surface area contributed by atoms with Crippen LogP contribution in [0.2, 0.25) is 0 Å². The van der Waals surface area contributed by atoms with Crippen molar-refractivity contribution in [3.63, 3.8) is 0 Å². The van der Waals surface area contributed by atoms with Gasteiger partial charge in [0, 0.05) is 11.5 Å². The number of aliphatic hydroxyl groups is 3. The fraction of sp³-hybridized carbons (Fsp3) is 0.700. The molecular formula is C10H18O5.